The molecule has 0 radical (unpaired) electrons. The first-order chi connectivity index (χ1) is 12.5. The van der Waals surface area contributed by atoms with Crippen molar-refractivity contribution >= 4 is 5.91 Å². The highest BCUT2D eigenvalue weighted by atomic mass is 16.5. The molecular formula is C20H24N2O4. The number of hydrogen-bond donors (Lipinski definition) is 1. The Morgan fingerprint density at radius 3 is 2.88 bits per heavy atom. The summed E-state index contributed by atoms with van der Waals surface area (Å²) in [5.74, 6) is 1.13. The second kappa shape index (κ2) is 8.19. The summed E-state index contributed by atoms with van der Waals surface area (Å²) < 4.78 is 11.2. The number of pyridine rings is 1. The maximum atomic E-state index is 12.4. The molecule has 1 fully saturated rings. The Morgan fingerprint density at radius 2 is 2.12 bits per heavy atom. The molecule has 1 aliphatic heterocycles. The topological polar surface area (TPSA) is 71.9 Å². The van der Waals surface area contributed by atoms with Gasteiger partial charge in [0.2, 0.25) is 0 Å². The normalized spacial score (nSPS) is 19.8. The molecule has 6 nitrogen and oxygen atoms in total. The van der Waals surface area contributed by atoms with Crippen LogP contribution in [-0.2, 0) is 4.79 Å². The molecule has 1 amide bonds. The molecule has 1 N–H and O–H groups in total. The number of rotatable bonds is 6. The number of carbonyl (C=O) groups is 1. The van der Waals surface area contributed by atoms with Crippen LogP contribution in [0.15, 0.2) is 48.8 Å². The number of likely N-dealkylation sites (tertiary alicyclic amines) is 1. The number of amides is 1. The van der Waals surface area contributed by atoms with Gasteiger partial charge >= 0.3 is 0 Å². The first kappa shape index (κ1) is 18.2. The summed E-state index contributed by atoms with van der Waals surface area (Å²) in [5, 5.41) is 10.8. The van der Waals surface area contributed by atoms with Crippen LogP contribution in [0.3, 0.4) is 0 Å². The standard InChI is InChI=1S/C20H24N2O4/c1-16-5-2-6-17(11-16)26-15-20(24)8-4-10-22(14-20)19(23)13-25-18-7-3-9-21-12-18/h2-3,5-7,9,11-12,24H,4,8,10,13-15H2,1H3/t20-/m1/s1. The SMILES string of the molecule is Cc1cccc(OC[C@@]2(O)CCCN(C(=O)COc3cccnc3)C2)c1. The summed E-state index contributed by atoms with van der Waals surface area (Å²) in [6.45, 7) is 2.94. The number of piperidine rings is 1. The van der Waals surface area contributed by atoms with Crippen LogP contribution in [0.5, 0.6) is 11.5 Å². The minimum atomic E-state index is -1.05. The van der Waals surface area contributed by atoms with Crippen LogP contribution in [0.1, 0.15) is 18.4 Å². The Balaban J connectivity index is 1.53. The van der Waals surface area contributed by atoms with Crippen LogP contribution in [0.2, 0.25) is 0 Å². The molecule has 1 aliphatic rings. The van der Waals surface area contributed by atoms with Gasteiger partial charge in [0.15, 0.2) is 6.61 Å². The molecule has 2 aromatic rings. The third kappa shape index (κ3) is 4.95. The smallest absolute Gasteiger partial charge is 0.260 e. The van der Waals surface area contributed by atoms with Crippen molar-refractivity contribution in [2.24, 2.45) is 0 Å². The van der Waals surface area contributed by atoms with E-state index in [0.717, 1.165) is 17.7 Å². The summed E-state index contributed by atoms with van der Waals surface area (Å²) in [6.07, 6.45) is 4.54. The van der Waals surface area contributed by atoms with Gasteiger partial charge in [-0.1, -0.05) is 12.1 Å². The number of β-amino-alcohol motifs (C(OH)–C–C–N with tert-alkyl or cyclic N) is 1. The minimum Gasteiger partial charge on any atom is -0.491 e. The summed E-state index contributed by atoms with van der Waals surface area (Å²) in [4.78, 5) is 18.0. The quantitative estimate of drug-likeness (QED) is 0.859. The van der Waals surface area contributed by atoms with E-state index in [0.29, 0.717) is 18.7 Å². The van der Waals surface area contributed by atoms with Crippen molar-refractivity contribution in [1.29, 1.82) is 0 Å². The molecule has 0 unspecified atom stereocenters. The number of carbonyl (C=O) groups excluding carboxylic acids is 1. The van der Waals surface area contributed by atoms with E-state index in [1.807, 2.05) is 31.2 Å². The predicted molar refractivity (Wildman–Crippen MR) is 97.2 cm³/mol. The van der Waals surface area contributed by atoms with Gasteiger partial charge in [0, 0.05) is 12.7 Å². The monoisotopic (exact) mass is 356 g/mol. The average molecular weight is 356 g/mol. The van der Waals surface area contributed by atoms with Gasteiger partial charge in [-0.15, -0.1) is 0 Å². The number of aryl methyl sites for hydroxylation is 1. The Kier molecular flexibility index (Phi) is 5.73. The van der Waals surface area contributed by atoms with Crippen molar-refractivity contribution < 1.29 is 19.4 Å². The van der Waals surface area contributed by atoms with Crippen LogP contribution in [0, 0.1) is 6.92 Å². The Morgan fingerprint density at radius 1 is 1.27 bits per heavy atom. The molecule has 1 saturated heterocycles. The second-order valence-electron chi connectivity index (χ2n) is 6.73. The van der Waals surface area contributed by atoms with Crippen molar-refractivity contribution in [1.82, 2.24) is 9.88 Å². The molecular weight excluding hydrogens is 332 g/mol. The molecule has 0 saturated carbocycles. The van der Waals surface area contributed by atoms with Gasteiger partial charge in [0.25, 0.3) is 5.91 Å². The molecule has 1 atom stereocenters. The van der Waals surface area contributed by atoms with E-state index < -0.39 is 5.60 Å². The van der Waals surface area contributed by atoms with Gasteiger partial charge in [0.05, 0.1) is 12.7 Å². The Labute approximate surface area is 153 Å². The second-order valence-corrected chi connectivity index (χ2v) is 6.73. The lowest BCUT2D eigenvalue weighted by atomic mass is 9.93. The van der Waals surface area contributed by atoms with Crippen LogP contribution in [0.4, 0.5) is 0 Å². The zero-order valence-electron chi connectivity index (χ0n) is 14.9. The maximum Gasteiger partial charge on any atom is 0.260 e. The fourth-order valence-electron chi connectivity index (χ4n) is 3.03. The van der Waals surface area contributed by atoms with E-state index in [1.54, 1.807) is 29.4 Å². The predicted octanol–water partition coefficient (Wildman–Crippen LogP) is 2.20. The van der Waals surface area contributed by atoms with Gasteiger partial charge in [0.1, 0.15) is 23.7 Å². The lowest BCUT2D eigenvalue weighted by Crippen LogP contribution is -2.54. The van der Waals surface area contributed by atoms with Crippen LogP contribution >= 0.6 is 0 Å². The molecule has 0 aliphatic carbocycles. The van der Waals surface area contributed by atoms with Gasteiger partial charge in [-0.3, -0.25) is 9.78 Å². The largest absolute Gasteiger partial charge is 0.491 e. The summed E-state index contributed by atoms with van der Waals surface area (Å²) in [5.41, 5.74) is 0.0499. The molecule has 6 heteroatoms. The van der Waals surface area contributed by atoms with Gasteiger partial charge in [-0.05, 0) is 49.6 Å². The first-order valence-electron chi connectivity index (χ1n) is 8.77. The third-order valence-corrected chi connectivity index (χ3v) is 4.40. The molecule has 0 bridgehead atoms. The zero-order valence-corrected chi connectivity index (χ0v) is 14.9. The van der Waals surface area contributed by atoms with Gasteiger partial charge in [-0.2, -0.15) is 0 Å². The molecule has 1 aromatic heterocycles. The number of ether oxygens (including phenoxy) is 2. The molecule has 1 aromatic carbocycles. The molecule has 3 rings (SSSR count). The van der Waals surface area contributed by atoms with Crippen LogP contribution in [-0.4, -0.2) is 52.8 Å². The van der Waals surface area contributed by atoms with Crippen molar-refractivity contribution in [2.75, 3.05) is 26.3 Å². The van der Waals surface area contributed by atoms with E-state index >= 15 is 0 Å². The lowest BCUT2D eigenvalue weighted by molar-refractivity contribution is -0.142. The van der Waals surface area contributed by atoms with Crippen molar-refractivity contribution in [3.05, 3.63) is 54.4 Å². The van der Waals surface area contributed by atoms with Crippen molar-refractivity contribution in [3.8, 4) is 11.5 Å². The number of hydrogen-bond acceptors (Lipinski definition) is 5. The number of nitrogens with zero attached hydrogens (tertiary/aromatic N) is 2. The number of aliphatic hydroxyl groups is 1. The van der Waals surface area contributed by atoms with Crippen LogP contribution in [0.25, 0.3) is 0 Å². The zero-order chi connectivity index (χ0) is 18.4. The molecule has 138 valence electrons. The first-order valence-corrected chi connectivity index (χ1v) is 8.77. The highest BCUT2D eigenvalue weighted by Gasteiger charge is 2.36. The van der Waals surface area contributed by atoms with E-state index in [1.165, 1.54) is 0 Å². The lowest BCUT2D eigenvalue weighted by Gasteiger charge is -2.38. The van der Waals surface area contributed by atoms with E-state index in [9.17, 15) is 9.90 Å². The fourth-order valence-corrected chi connectivity index (χ4v) is 3.03. The highest BCUT2D eigenvalue weighted by Crippen LogP contribution is 2.23. The van der Waals surface area contributed by atoms with E-state index in [4.69, 9.17) is 9.47 Å². The Bertz CT molecular complexity index is 738. The Hall–Kier alpha value is -2.60. The summed E-state index contributed by atoms with van der Waals surface area (Å²) >= 11 is 0. The molecule has 2 heterocycles. The van der Waals surface area contributed by atoms with Crippen molar-refractivity contribution in [3.63, 3.8) is 0 Å². The van der Waals surface area contributed by atoms with Gasteiger partial charge < -0.3 is 19.5 Å². The molecule has 0 spiro atoms. The van der Waals surface area contributed by atoms with Crippen molar-refractivity contribution in [2.45, 2.75) is 25.4 Å². The van der Waals surface area contributed by atoms with Crippen LogP contribution < -0.4 is 9.47 Å². The average Bonchev–Trinajstić information content (AvgIpc) is 2.65. The summed E-state index contributed by atoms with van der Waals surface area (Å²) in [7, 11) is 0. The fraction of sp³-hybridized carbons (Fsp3) is 0.400. The van der Waals surface area contributed by atoms with E-state index in [2.05, 4.69) is 4.98 Å². The highest BCUT2D eigenvalue weighted by molar-refractivity contribution is 5.78. The van der Waals surface area contributed by atoms with E-state index in [-0.39, 0.29) is 25.7 Å². The third-order valence-electron chi connectivity index (χ3n) is 4.40. The van der Waals surface area contributed by atoms with Gasteiger partial charge in [-0.25, -0.2) is 0 Å². The molecule has 26 heavy (non-hydrogen) atoms. The minimum absolute atomic E-state index is 0.0689. The summed E-state index contributed by atoms with van der Waals surface area (Å²) in [6, 6.07) is 11.2. The number of benzene rings is 1. The maximum absolute atomic E-state index is 12.4. The number of aromatic nitrogens is 1.